The summed E-state index contributed by atoms with van der Waals surface area (Å²) in [4.78, 5) is 28.6. The molecule has 0 bridgehead atoms. The zero-order valence-electron chi connectivity index (χ0n) is 22.1. The lowest BCUT2D eigenvalue weighted by atomic mass is 9.91. The number of benzene rings is 2. The molecule has 9 nitrogen and oxygen atoms in total. The normalized spacial score (nSPS) is 14.8. The maximum absolute atomic E-state index is 14.1. The number of hydrogen-bond acceptors (Lipinski definition) is 4. The summed E-state index contributed by atoms with van der Waals surface area (Å²) in [6.07, 6.45) is -0.312. The Balaban J connectivity index is 1.70. The van der Waals surface area contributed by atoms with Gasteiger partial charge >= 0.3 is 12.3 Å². The van der Waals surface area contributed by atoms with E-state index in [1.54, 1.807) is 26.4 Å². The Morgan fingerprint density at radius 2 is 1.93 bits per heavy atom. The van der Waals surface area contributed by atoms with Gasteiger partial charge in [0.25, 0.3) is 0 Å². The molecule has 1 aliphatic heterocycles. The second-order valence-corrected chi connectivity index (χ2v) is 10.3. The van der Waals surface area contributed by atoms with Gasteiger partial charge in [0.2, 0.25) is 5.62 Å². The number of imidazole rings is 1. The van der Waals surface area contributed by atoms with E-state index in [1.165, 1.54) is 51.7 Å². The minimum absolute atomic E-state index is 0.0136. The zero-order valence-corrected chi connectivity index (χ0v) is 23.7. The van der Waals surface area contributed by atoms with E-state index >= 15 is 0 Å². The van der Waals surface area contributed by atoms with Gasteiger partial charge in [0, 0.05) is 48.9 Å². The van der Waals surface area contributed by atoms with Crippen molar-refractivity contribution in [3.05, 3.63) is 92.8 Å². The Hall–Kier alpha value is -4.46. The number of aromatic nitrogens is 4. The number of carbonyl (C=O) groups excluding carboxylic acids is 1. The number of alkyl halides is 3. The molecule has 0 saturated heterocycles. The molecular weight excluding hydrogens is 626 g/mol. The van der Waals surface area contributed by atoms with Gasteiger partial charge in [0.1, 0.15) is 18.2 Å². The Kier molecular flexibility index (Phi) is 7.66. The van der Waals surface area contributed by atoms with Crippen molar-refractivity contribution in [2.75, 3.05) is 6.61 Å². The van der Waals surface area contributed by atoms with Gasteiger partial charge in [0.15, 0.2) is 11.5 Å². The summed E-state index contributed by atoms with van der Waals surface area (Å²) in [5, 5.41) is 12.9. The molecule has 2 aromatic heterocycles. The van der Waals surface area contributed by atoms with Crippen LogP contribution in [0.1, 0.15) is 34.1 Å². The minimum atomic E-state index is -4.79. The Bertz CT molecular complexity index is 1830. The van der Waals surface area contributed by atoms with Crippen molar-refractivity contribution in [1.82, 2.24) is 18.9 Å². The highest BCUT2D eigenvalue weighted by molar-refractivity contribution is 9.10. The smallest absolute Gasteiger partial charge is 0.435 e. The average molecular weight is 648 g/mol. The van der Waals surface area contributed by atoms with E-state index in [0.29, 0.717) is 11.1 Å². The fraction of sp³-hybridized carbons (Fsp3) is 0.214. The molecule has 0 spiro atoms. The van der Waals surface area contributed by atoms with Crippen LogP contribution in [0, 0.1) is 5.82 Å². The average Bonchev–Trinajstić information content (AvgIpc) is 3.52. The van der Waals surface area contributed by atoms with Crippen LogP contribution in [0.25, 0.3) is 17.2 Å². The van der Waals surface area contributed by atoms with Gasteiger partial charge in [0.05, 0.1) is 16.6 Å². The van der Waals surface area contributed by atoms with Crippen LogP contribution in [0.2, 0.25) is 0 Å². The van der Waals surface area contributed by atoms with Crippen LogP contribution < -0.4 is 10.4 Å². The SMILES string of the molecule is CCn1cc(-c2cc(Cn3ccn(C)c3=NC(=O)O)cc3c2OCC(=Cc2ccc(F)c(Br)c2)C3=O)c(C(F)(F)F)n1. The number of fused-ring (bicyclic) bond motifs is 1. The van der Waals surface area contributed by atoms with Gasteiger partial charge < -0.3 is 19.0 Å². The van der Waals surface area contributed by atoms with Crippen molar-refractivity contribution in [2.45, 2.75) is 26.2 Å². The Morgan fingerprint density at radius 1 is 1.19 bits per heavy atom. The first-order valence-corrected chi connectivity index (χ1v) is 13.3. The first-order valence-electron chi connectivity index (χ1n) is 12.5. The van der Waals surface area contributed by atoms with Crippen molar-refractivity contribution in [2.24, 2.45) is 12.0 Å². The van der Waals surface area contributed by atoms with Gasteiger partial charge in [-0.15, -0.1) is 4.99 Å². The molecule has 1 amide bonds. The van der Waals surface area contributed by atoms with Gasteiger partial charge in [-0.1, -0.05) is 6.07 Å². The van der Waals surface area contributed by atoms with Gasteiger partial charge in [-0.2, -0.15) is 18.3 Å². The molecule has 2 aromatic carbocycles. The van der Waals surface area contributed by atoms with E-state index in [-0.39, 0.29) is 57.8 Å². The number of amides is 1. The number of rotatable bonds is 5. The highest BCUT2D eigenvalue weighted by Crippen LogP contribution is 2.44. The predicted molar refractivity (Wildman–Crippen MR) is 146 cm³/mol. The summed E-state index contributed by atoms with van der Waals surface area (Å²) in [7, 11) is 1.59. The number of nitrogens with zero attached hydrogens (tertiary/aromatic N) is 5. The number of ether oxygens (including phenoxy) is 1. The molecule has 0 radical (unpaired) electrons. The Morgan fingerprint density at radius 3 is 2.60 bits per heavy atom. The summed E-state index contributed by atoms with van der Waals surface area (Å²) in [5.41, 5.74) is -0.184. The second kappa shape index (κ2) is 11.1. The quantitative estimate of drug-likeness (QED) is 0.214. The van der Waals surface area contributed by atoms with Gasteiger partial charge in [-0.25, -0.2) is 9.18 Å². The van der Waals surface area contributed by atoms with Crippen molar-refractivity contribution in [1.29, 1.82) is 0 Å². The number of halogens is 5. The van der Waals surface area contributed by atoms with Crippen LogP contribution in [0.15, 0.2) is 64.0 Å². The van der Waals surface area contributed by atoms with Crippen LogP contribution >= 0.6 is 15.9 Å². The molecule has 218 valence electrons. The lowest BCUT2D eigenvalue weighted by Crippen LogP contribution is -2.26. The fourth-order valence-electron chi connectivity index (χ4n) is 4.66. The first kappa shape index (κ1) is 29.0. The van der Waals surface area contributed by atoms with E-state index in [4.69, 9.17) is 4.74 Å². The van der Waals surface area contributed by atoms with Crippen LogP contribution in [-0.4, -0.2) is 42.5 Å². The third kappa shape index (κ3) is 5.66. The van der Waals surface area contributed by atoms with Crippen molar-refractivity contribution >= 4 is 33.9 Å². The van der Waals surface area contributed by atoms with Crippen molar-refractivity contribution < 1.29 is 37.0 Å². The van der Waals surface area contributed by atoms with Crippen LogP contribution in [0.4, 0.5) is 22.4 Å². The lowest BCUT2D eigenvalue weighted by molar-refractivity contribution is -0.141. The molecular formula is C28H22BrF4N5O4. The first-order chi connectivity index (χ1) is 19.8. The van der Waals surface area contributed by atoms with Crippen LogP contribution in [-0.2, 0) is 26.3 Å². The lowest BCUT2D eigenvalue weighted by Gasteiger charge is -2.23. The van der Waals surface area contributed by atoms with Crippen molar-refractivity contribution in [3.8, 4) is 16.9 Å². The molecule has 1 N–H and O–H groups in total. The highest BCUT2D eigenvalue weighted by atomic mass is 79.9. The molecule has 0 saturated carbocycles. The van der Waals surface area contributed by atoms with E-state index in [2.05, 4.69) is 26.0 Å². The number of Topliss-reactive ketones (excluding diaryl/α,β-unsaturated/α-hetero) is 1. The molecule has 0 atom stereocenters. The highest BCUT2D eigenvalue weighted by Gasteiger charge is 2.39. The standard InChI is InChI=1S/C28H22BrF4N5O4/c1-3-38-13-20(25(35-38)28(31,32)33)18-9-16(12-37-7-6-36(2)26(37)34-27(40)41)10-19-23(39)17(14-42-24(18)19)8-15-4-5-22(30)21(29)11-15/h4-11,13H,3,12,14H2,1-2H3,(H,40,41). The number of carboxylic acid groups (broad SMARTS) is 1. The number of hydrogen-bond donors (Lipinski definition) is 1. The third-order valence-electron chi connectivity index (χ3n) is 6.58. The molecule has 0 aliphatic carbocycles. The zero-order chi connectivity index (χ0) is 30.3. The summed E-state index contributed by atoms with van der Waals surface area (Å²) < 4.78 is 66.2. The summed E-state index contributed by atoms with van der Waals surface area (Å²) in [6.45, 7) is 1.57. The van der Waals surface area contributed by atoms with Gasteiger partial charge in [-0.05, 0) is 64.3 Å². The summed E-state index contributed by atoms with van der Waals surface area (Å²) >= 11 is 3.11. The summed E-state index contributed by atoms with van der Waals surface area (Å²) in [5.74, 6) is -0.996. The van der Waals surface area contributed by atoms with Gasteiger partial charge in [-0.3, -0.25) is 9.48 Å². The molecule has 5 rings (SSSR count). The molecule has 14 heteroatoms. The van der Waals surface area contributed by atoms with E-state index in [0.717, 1.165) is 4.68 Å². The number of aryl methyl sites for hydroxylation is 2. The molecule has 42 heavy (non-hydrogen) atoms. The fourth-order valence-corrected chi connectivity index (χ4v) is 5.05. The molecule has 0 unspecified atom stereocenters. The Labute approximate surface area is 244 Å². The second-order valence-electron chi connectivity index (χ2n) is 9.46. The van der Waals surface area contributed by atoms with E-state index < -0.39 is 29.6 Å². The number of ketones is 1. The monoisotopic (exact) mass is 647 g/mol. The van der Waals surface area contributed by atoms with E-state index in [1.807, 2.05) is 0 Å². The predicted octanol–water partition coefficient (Wildman–Crippen LogP) is 5.92. The maximum Gasteiger partial charge on any atom is 0.435 e. The summed E-state index contributed by atoms with van der Waals surface area (Å²) in [6, 6.07) is 7.16. The van der Waals surface area contributed by atoms with Crippen LogP contribution in [0.3, 0.4) is 0 Å². The molecule has 1 aliphatic rings. The molecule has 4 aromatic rings. The van der Waals surface area contributed by atoms with E-state index in [9.17, 15) is 32.3 Å². The van der Waals surface area contributed by atoms with Crippen LogP contribution in [0.5, 0.6) is 5.75 Å². The third-order valence-corrected chi connectivity index (χ3v) is 7.18. The largest absolute Gasteiger partial charge is 0.487 e. The number of carbonyl (C=O) groups is 2. The molecule has 3 heterocycles. The van der Waals surface area contributed by atoms with Crippen molar-refractivity contribution in [3.63, 3.8) is 0 Å². The minimum Gasteiger partial charge on any atom is -0.487 e. The topological polar surface area (TPSA) is 104 Å². The maximum atomic E-state index is 14.1. The molecule has 0 fully saturated rings.